The molecule has 2 aromatic rings. The maximum absolute atomic E-state index is 12.3. The lowest BCUT2D eigenvalue weighted by Crippen LogP contribution is -2.34. The molecule has 2 aromatic carbocycles. The average Bonchev–Trinajstić information content (AvgIpc) is 2.94. The molecule has 1 heterocycles. The number of nitrogens with zero attached hydrogens (tertiary/aromatic N) is 1. The summed E-state index contributed by atoms with van der Waals surface area (Å²) in [5.41, 5.74) is 1.59. The molecule has 0 radical (unpaired) electrons. The molecule has 25 heavy (non-hydrogen) atoms. The Hall–Kier alpha value is -2.09. The fraction of sp³-hybridized carbons (Fsp3) is 0.235. The summed E-state index contributed by atoms with van der Waals surface area (Å²) in [5, 5.41) is 0.508. The zero-order chi connectivity index (χ0) is 18.0. The molecule has 1 aliphatic heterocycles. The Bertz CT molecular complexity index is 884. The molecule has 1 N–H and O–H groups in total. The second-order valence-electron chi connectivity index (χ2n) is 5.76. The van der Waals surface area contributed by atoms with Crippen LogP contribution in [0.2, 0.25) is 5.02 Å². The molecule has 132 valence electrons. The highest BCUT2D eigenvalue weighted by Crippen LogP contribution is 2.24. The Morgan fingerprint density at radius 2 is 1.96 bits per heavy atom. The first-order chi connectivity index (χ1) is 11.8. The van der Waals surface area contributed by atoms with Crippen molar-refractivity contribution in [2.75, 3.05) is 18.0 Å². The van der Waals surface area contributed by atoms with Gasteiger partial charge in [0.25, 0.3) is 0 Å². The number of ether oxygens (including phenoxy) is 1. The van der Waals surface area contributed by atoms with Crippen LogP contribution >= 0.6 is 11.6 Å². The van der Waals surface area contributed by atoms with Gasteiger partial charge in [0.15, 0.2) is 0 Å². The molecule has 1 amide bonds. The first-order valence-electron chi connectivity index (χ1n) is 7.65. The number of halogens is 1. The Morgan fingerprint density at radius 3 is 2.64 bits per heavy atom. The van der Waals surface area contributed by atoms with Crippen LogP contribution in [-0.2, 0) is 14.8 Å². The topological polar surface area (TPSA) is 75.7 Å². The van der Waals surface area contributed by atoms with Gasteiger partial charge in [0.05, 0.1) is 11.4 Å². The maximum atomic E-state index is 12.3. The number of benzene rings is 2. The van der Waals surface area contributed by atoms with E-state index in [0.29, 0.717) is 10.7 Å². The van der Waals surface area contributed by atoms with Gasteiger partial charge in [-0.15, -0.1) is 0 Å². The van der Waals surface area contributed by atoms with Gasteiger partial charge >= 0.3 is 6.09 Å². The van der Waals surface area contributed by atoms with E-state index in [1.54, 1.807) is 36.4 Å². The van der Waals surface area contributed by atoms with E-state index in [2.05, 4.69) is 4.72 Å². The normalized spacial score (nSPS) is 17.6. The van der Waals surface area contributed by atoms with E-state index < -0.39 is 22.2 Å². The summed E-state index contributed by atoms with van der Waals surface area (Å²) in [6.07, 6.45) is -1.10. The number of hydrogen-bond acceptors (Lipinski definition) is 4. The monoisotopic (exact) mass is 380 g/mol. The van der Waals surface area contributed by atoms with Crippen LogP contribution in [-0.4, -0.2) is 33.7 Å². The minimum atomic E-state index is -3.65. The Kier molecular flexibility index (Phi) is 4.99. The van der Waals surface area contributed by atoms with Gasteiger partial charge in [-0.2, -0.15) is 0 Å². The third-order valence-electron chi connectivity index (χ3n) is 3.83. The molecule has 0 spiro atoms. The number of hydrogen-bond donors (Lipinski definition) is 1. The quantitative estimate of drug-likeness (QED) is 0.865. The Balaban J connectivity index is 1.65. The highest BCUT2D eigenvalue weighted by atomic mass is 35.5. The minimum absolute atomic E-state index is 0.000977. The number of sulfonamides is 1. The van der Waals surface area contributed by atoms with Crippen LogP contribution in [0.25, 0.3) is 0 Å². The molecule has 8 heteroatoms. The van der Waals surface area contributed by atoms with Crippen molar-refractivity contribution in [3.05, 3.63) is 59.1 Å². The lowest BCUT2D eigenvalue weighted by molar-refractivity contribution is 0.143. The lowest BCUT2D eigenvalue weighted by Gasteiger charge is -2.13. The van der Waals surface area contributed by atoms with E-state index in [-0.39, 0.29) is 18.0 Å². The lowest BCUT2D eigenvalue weighted by atomic mass is 10.2. The number of cyclic esters (lactones) is 1. The minimum Gasteiger partial charge on any atom is -0.443 e. The first-order valence-corrected chi connectivity index (χ1v) is 9.51. The maximum Gasteiger partial charge on any atom is 0.414 e. The summed E-state index contributed by atoms with van der Waals surface area (Å²) < 4.78 is 32.3. The van der Waals surface area contributed by atoms with Crippen molar-refractivity contribution in [1.29, 1.82) is 0 Å². The fourth-order valence-corrected chi connectivity index (χ4v) is 3.74. The van der Waals surface area contributed by atoms with E-state index >= 15 is 0 Å². The summed E-state index contributed by atoms with van der Waals surface area (Å²) in [4.78, 5) is 13.6. The molecular formula is C17H17ClN2O4S. The van der Waals surface area contributed by atoms with Gasteiger partial charge in [-0.05, 0) is 37.3 Å². The molecule has 0 aromatic heterocycles. The zero-order valence-electron chi connectivity index (χ0n) is 13.5. The second-order valence-corrected chi connectivity index (χ2v) is 7.96. The zero-order valence-corrected chi connectivity index (χ0v) is 15.0. The predicted octanol–water partition coefficient (Wildman–Crippen LogP) is 2.95. The standard InChI is InChI=1S/C17H17ClN2O4S/c1-12-5-7-16(8-6-12)25(22,23)19-10-15-11-20(17(21)24-15)14-4-2-3-13(18)9-14/h2-9,15,19H,10-11H2,1H3. The number of amides is 1. The van der Waals surface area contributed by atoms with Crippen molar-refractivity contribution >= 4 is 33.4 Å². The van der Waals surface area contributed by atoms with Crippen LogP contribution < -0.4 is 9.62 Å². The van der Waals surface area contributed by atoms with Gasteiger partial charge < -0.3 is 4.74 Å². The predicted molar refractivity (Wildman–Crippen MR) is 95.4 cm³/mol. The van der Waals surface area contributed by atoms with Crippen molar-refractivity contribution in [2.45, 2.75) is 17.9 Å². The van der Waals surface area contributed by atoms with Crippen LogP contribution in [0.1, 0.15) is 5.56 Å². The summed E-state index contributed by atoms with van der Waals surface area (Å²) in [6, 6.07) is 13.4. The molecule has 0 saturated carbocycles. The van der Waals surface area contributed by atoms with Gasteiger partial charge in [0, 0.05) is 17.3 Å². The summed E-state index contributed by atoms with van der Waals surface area (Å²) in [7, 11) is -3.65. The van der Waals surface area contributed by atoms with Crippen LogP contribution in [0.15, 0.2) is 53.4 Å². The third kappa shape index (κ3) is 4.12. The molecule has 0 aliphatic carbocycles. The first kappa shape index (κ1) is 17.7. The van der Waals surface area contributed by atoms with Crippen LogP contribution in [0.3, 0.4) is 0 Å². The highest BCUT2D eigenvalue weighted by Gasteiger charge is 2.33. The number of nitrogens with one attached hydrogen (secondary N) is 1. The molecule has 1 saturated heterocycles. The van der Waals surface area contributed by atoms with E-state index in [1.807, 2.05) is 6.92 Å². The third-order valence-corrected chi connectivity index (χ3v) is 5.50. The van der Waals surface area contributed by atoms with Gasteiger partial charge in [-0.1, -0.05) is 35.4 Å². The molecule has 1 fully saturated rings. The Morgan fingerprint density at radius 1 is 1.24 bits per heavy atom. The van der Waals surface area contributed by atoms with Gasteiger partial charge in [0.2, 0.25) is 10.0 Å². The largest absolute Gasteiger partial charge is 0.443 e. The van der Waals surface area contributed by atoms with Crippen molar-refractivity contribution in [2.24, 2.45) is 0 Å². The number of anilines is 1. The smallest absolute Gasteiger partial charge is 0.414 e. The molecule has 1 aliphatic rings. The summed E-state index contributed by atoms with van der Waals surface area (Å²) in [6.45, 7) is 2.13. The van der Waals surface area contributed by atoms with Crippen molar-refractivity contribution in [3.63, 3.8) is 0 Å². The molecule has 1 unspecified atom stereocenters. The second kappa shape index (κ2) is 7.03. The SMILES string of the molecule is Cc1ccc(S(=O)(=O)NCC2CN(c3cccc(Cl)c3)C(=O)O2)cc1. The van der Waals surface area contributed by atoms with E-state index in [0.717, 1.165) is 5.56 Å². The van der Waals surface area contributed by atoms with Gasteiger partial charge in [-0.25, -0.2) is 17.9 Å². The summed E-state index contributed by atoms with van der Waals surface area (Å²) >= 11 is 5.94. The van der Waals surface area contributed by atoms with Crippen LogP contribution in [0, 0.1) is 6.92 Å². The molecule has 0 bridgehead atoms. The van der Waals surface area contributed by atoms with Crippen molar-refractivity contribution < 1.29 is 17.9 Å². The highest BCUT2D eigenvalue weighted by molar-refractivity contribution is 7.89. The summed E-state index contributed by atoms with van der Waals surface area (Å²) in [5.74, 6) is 0. The van der Waals surface area contributed by atoms with Gasteiger partial charge in [-0.3, -0.25) is 4.90 Å². The van der Waals surface area contributed by atoms with E-state index in [1.165, 1.54) is 17.0 Å². The number of carbonyl (C=O) groups excluding carboxylic acids is 1. The van der Waals surface area contributed by atoms with E-state index in [4.69, 9.17) is 16.3 Å². The van der Waals surface area contributed by atoms with E-state index in [9.17, 15) is 13.2 Å². The molecule has 3 rings (SSSR count). The Labute approximate surface area is 151 Å². The van der Waals surface area contributed by atoms with Crippen LogP contribution in [0.4, 0.5) is 10.5 Å². The van der Waals surface area contributed by atoms with Crippen molar-refractivity contribution in [3.8, 4) is 0 Å². The van der Waals surface area contributed by atoms with Crippen molar-refractivity contribution in [1.82, 2.24) is 4.72 Å². The molecule has 1 atom stereocenters. The van der Waals surface area contributed by atoms with Gasteiger partial charge in [0.1, 0.15) is 6.10 Å². The fourth-order valence-electron chi connectivity index (χ4n) is 2.49. The number of rotatable bonds is 5. The number of aryl methyl sites for hydroxylation is 1. The van der Waals surface area contributed by atoms with Crippen LogP contribution in [0.5, 0.6) is 0 Å². The molecular weight excluding hydrogens is 364 g/mol. The molecule has 6 nitrogen and oxygen atoms in total. The average molecular weight is 381 g/mol. The number of carbonyl (C=O) groups is 1.